The second-order valence-electron chi connectivity index (χ2n) is 9.80. The first-order valence-electron chi connectivity index (χ1n) is 13.5. The first-order chi connectivity index (χ1) is 19.6. The van der Waals surface area contributed by atoms with Crippen molar-refractivity contribution in [1.29, 1.82) is 0 Å². The van der Waals surface area contributed by atoms with E-state index in [9.17, 15) is 23.7 Å². The van der Waals surface area contributed by atoms with E-state index in [0.717, 1.165) is 24.4 Å². The number of carbonyl (C=O) groups is 2. The number of carbonyl (C=O) groups excluding carboxylic acids is 2. The van der Waals surface area contributed by atoms with Crippen LogP contribution in [0.1, 0.15) is 39.5 Å². The molecule has 2 aromatic carbocycles. The maximum absolute atomic E-state index is 14.1. The van der Waals surface area contributed by atoms with E-state index in [2.05, 4.69) is 17.0 Å². The quantitative estimate of drug-likeness (QED) is 0.176. The molecule has 0 radical (unpaired) electrons. The molecule has 13 heteroatoms. The molecule has 0 aromatic heterocycles. The minimum Gasteiger partial charge on any atom is -0.465 e. The second-order valence-corrected chi connectivity index (χ2v) is 11.5. The van der Waals surface area contributed by atoms with Crippen LogP contribution in [0.2, 0.25) is 0 Å². The maximum Gasteiger partial charge on any atom is 0.459 e. The number of benzene rings is 2. The van der Waals surface area contributed by atoms with Crippen LogP contribution in [0.3, 0.4) is 0 Å². The summed E-state index contributed by atoms with van der Waals surface area (Å²) in [5.41, 5.74) is 0. The molecule has 0 spiro atoms. The summed E-state index contributed by atoms with van der Waals surface area (Å²) in [5.74, 6) is -2.26. The fourth-order valence-electron chi connectivity index (χ4n) is 4.41. The summed E-state index contributed by atoms with van der Waals surface area (Å²) in [6.45, 7) is 7.04. The number of aliphatic hydroxyl groups excluding tert-OH is 1. The lowest BCUT2D eigenvalue weighted by molar-refractivity contribution is -0.145. The molecule has 41 heavy (non-hydrogen) atoms. The number of rotatable bonds is 13. The third kappa shape index (κ3) is 7.72. The Morgan fingerprint density at radius 3 is 2.83 bits per heavy atom. The summed E-state index contributed by atoms with van der Waals surface area (Å²) in [6, 6.07) is 11.5. The van der Waals surface area contributed by atoms with Crippen LogP contribution in [0.5, 0.6) is 5.75 Å². The van der Waals surface area contributed by atoms with Crippen LogP contribution in [-0.4, -0.2) is 59.6 Å². The van der Waals surface area contributed by atoms with Crippen molar-refractivity contribution in [2.24, 2.45) is 0 Å². The fraction of sp³-hybridized carbons (Fsp3) is 0.429. The van der Waals surface area contributed by atoms with Gasteiger partial charge < -0.3 is 29.3 Å². The third-order valence-electron chi connectivity index (χ3n) is 6.63. The molecule has 1 amide bonds. The zero-order valence-corrected chi connectivity index (χ0v) is 23.8. The van der Waals surface area contributed by atoms with Gasteiger partial charge in [0.25, 0.3) is 5.91 Å². The molecule has 4 rings (SSSR count). The Morgan fingerprint density at radius 1 is 1.29 bits per heavy atom. The zero-order chi connectivity index (χ0) is 29.6. The number of hydrogen-bond donors (Lipinski definition) is 3. The zero-order valence-electron chi connectivity index (χ0n) is 23.0. The lowest BCUT2D eigenvalue weighted by atomic mass is 10.1. The number of ether oxygens (including phenoxy) is 2. The van der Waals surface area contributed by atoms with Crippen LogP contribution < -0.4 is 14.9 Å². The van der Waals surface area contributed by atoms with Crippen molar-refractivity contribution in [2.45, 2.75) is 64.0 Å². The summed E-state index contributed by atoms with van der Waals surface area (Å²) in [5, 5.41) is 17.1. The molecule has 3 N–H and O–H groups in total. The molecular weight excluding hydrogens is 556 g/mol. The molecule has 1 fully saturated rings. The molecule has 2 heterocycles. The van der Waals surface area contributed by atoms with Crippen LogP contribution in [-0.2, 0) is 28.2 Å². The normalized spacial score (nSPS) is 23.1. The second kappa shape index (κ2) is 13.6. The highest BCUT2D eigenvalue weighted by atomic mass is 31.2. The molecule has 2 aliphatic heterocycles. The van der Waals surface area contributed by atoms with E-state index in [-0.39, 0.29) is 24.6 Å². The summed E-state index contributed by atoms with van der Waals surface area (Å²) in [7, 11) is -4.26. The van der Waals surface area contributed by atoms with Crippen molar-refractivity contribution in [3.63, 3.8) is 0 Å². The van der Waals surface area contributed by atoms with Crippen LogP contribution in [0.15, 0.2) is 66.9 Å². The minimum atomic E-state index is -4.26. The number of unbranched alkanes of at least 4 members (excludes halogenated alkanes) is 2. The average molecular weight is 592 g/mol. The number of nitrogens with one attached hydrogen (secondary N) is 2. The first-order valence-corrected chi connectivity index (χ1v) is 15.0. The van der Waals surface area contributed by atoms with Gasteiger partial charge >= 0.3 is 13.7 Å². The SMILES string of the molecule is C=C1NC(=O)C(F)=CN1[C@H]1C[C@@H](O)[C@@H](COP(=O)(N[C@@H](C)C(=O)OCCCCC)Oc2cccc3ccccc23)O1. The molecule has 2 aliphatic rings. The summed E-state index contributed by atoms with van der Waals surface area (Å²) in [4.78, 5) is 25.4. The molecule has 1 unspecified atom stereocenters. The van der Waals surface area contributed by atoms with Crippen LogP contribution in [0.25, 0.3) is 10.8 Å². The minimum absolute atomic E-state index is 0.0229. The Hall–Kier alpha value is -3.28. The number of halogens is 1. The van der Waals surface area contributed by atoms with Crippen LogP contribution >= 0.6 is 7.75 Å². The van der Waals surface area contributed by atoms with Gasteiger partial charge in [-0.2, -0.15) is 9.48 Å². The van der Waals surface area contributed by atoms with E-state index in [4.69, 9.17) is 18.5 Å². The van der Waals surface area contributed by atoms with E-state index in [0.29, 0.717) is 11.8 Å². The van der Waals surface area contributed by atoms with Gasteiger partial charge in [0.15, 0.2) is 0 Å². The van der Waals surface area contributed by atoms with E-state index in [1.54, 1.807) is 18.2 Å². The van der Waals surface area contributed by atoms with Gasteiger partial charge in [-0.1, -0.05) is 62.7 Å². The summed E-state index contributed by atoms with van der Waals surface area (Å²) >= 11 is 0. The monoisotopic (exact) mass is 591 g/mol. The number of nitrogens with zero attached hydrogens (tertiary/aromatic N) is 1. The molecule has 1 saturated heterocycles. The number of hydrogen-bond acceptors (Lipinski definition) is 9. The molecule has 11 nitrogen and oxygen atoms in total. The predicted molar refractivity (Wildman–Crippen MR) is 149 cm³/mol. The fourth-order valence-corrected chi connectivity index (χ4v) is 5.93. The molecular formula is C28H35FN3O8P. The number of aliphatic hydroxyl groups is 1. The number of fused-ring (bicyclic) bond motifs is 1. The van der Waals surface area contributed by atoms with Crippen LogP contribution in [0.4, 0.5) is 4.39 Å². The van der Waals surface area contributed by atoms with Crippen molar-refractivity contribution >= 4 is 30.4 Å². The Balaban J connectivity index is 1.49. The van der Waals surface area contributed by atoms with Crippen molar-refractivity contribution in [1.82, 2.24) is 15.3 Å². The molecule has 2 aromatic rings. The maximum atomic E-state index is 14.1. The van der Waals surface area contributed by atoms with E-state index in [1.165, 1.54) is 11.8 Å². The molecule has 0 saturated carbocycles. The molecule has 0 aliphatic carbocycles. The van der Waals surface area contributed by atoms with Gasteiger partial charge in [-0.05, 0) is 24.8 Å². The highest BCUT2D eigenvalue weighted by Gasteiger charge is 2.42. The van der Waals surface area contributed by atoms with Crippen molar-refractivity contribution in [3.8, 4) is 5.75 Å². The standard InChI is InChI=1S/C28H35FN3O8P/c1-4-5-8-14-37-28(35)18(2)31-41(36,40-24-13-9-11-20-10-6-7-12-21(20)24)38-17-25-23(33)15-26(39-25)32-16-22(29)27(34)30-19(32)3/h6-7,9-13,16,18,23,25-26,33H,3-5,8,14-15,17H2,1-2H3,(H,30,34)(H,31,36)/t18-,23+,25+,26+,41?/m0/s1. The van der Waals surface area contributed by atoms with Gasteiger partial charge in [0.05, 0.1) is 19.3 Å². The lowest BCUT2D eigenvalue weighted by Gasteiger charge is -2.31. The number of esters is 1. The van der Waals surface area contributed by atoms with Gasteiger partial charge in [-0.25, -0.2) is 4.57 Å². The summed E-state index contributed by atoms with van der Waals surface area (Å²) in [6.07, 6.45) is 0.583. The van der Waals surface area contributed by atoms with Gasteiger partial charge in [0.1, 0.15) is 29.9 Å². The molecule has 222 valence electrons. The largest absolute Gasteiger partial charge is 0.465 e. The van der Waals surface area contributed by atoms with Crippen molar-refractivity contribution < 1.29 is 42.2 Å². The van der Waals surface area contributed by atoms with Crippen molar-refractivity contribution in [3.05, 3.63) is 66.9 Å². The van der Waals surface area contributed by atoms with Crippen molar-refractivity contribution in [2.75, 3.05) is 13.2 Å². The average Bonchev–Trinajstić information content (AvgIpc) is 3.32. The smallest absolute Gasteiger partial charge is 0.459 e. The van der Waals surface area contributed by atoms with E-state index in [1.807, 2.05) is 31.2 Å². The topological polar surface area (TPSA) is 136 Å². The molecule has 0 bridgehead atoms. The summed E-state index contributed by atoms with van der Waals surface area (Å²) < 4.78 is 50.7. The highest BCUT2D eigenvalue weighted by Crippen LogP contribution is 2.47. The lowest BCUT2D eigenvalue weighted by Crippen LogP contribution is -2.42. The third-order valence-corrected chi connectivity index (χ3v) is 8.26. The van der Waals surface area contributed by atoms with E-state index < -0.39 is 56.5 Å². The van der Waals surface area contributed by atoms with E-state index >= 15 is 0 Å². The predicted octanol–water partition coefficient (Wildman–Crippen LogP) is 4.24. The Bertz CT molecular complexity index is 1350. The van der Waals surface area contributed by atoms with Gasteiger partial charge in [0.2, 0.25) is 5.83 Å². The Morgan fingerprint density at radius 2 is 2.05 bits per heavy atom. The van der Waals surface area contributed by atoms with Gasteiger partial charge in [-0.3, -0.25) is 14.1 Å². The first kappa shape index (κ1) is 30.7. The molecule has 5 atom stereocenters. The highest BCUT2D eigenvalue weighted by molar-refractivity contribution is 7.52. The van der Waals surface area contributed by atoms with Gasteiger partial charge in [0, 0.05) is 18.0 Å². The Kier molecular flexibility index (Phi) is 10.2. The Labute approximate surface area is 237 Å². The van der Waals surface area contributed by atoms with Crippen LogP contribution in [0, 0.1) is 0 Å². The van der Waals surface area contributed by atoms with Gasteiger partial charge in [-0.15, -0.1) is 0 Å². The number of amides is 1.